The smallest absolute Gasteiger partial charge is 0.226 e. The number of carbonyl (C=O) groups is 1. The second kappa shape index (κ2) is 5.73. The van der Waals surface area contributed by atoms with Crippen LogP contribution in [-0.4, -0.2) is 36.1 Å². The number of aliphatic hydroxyl groups is 1. The lowest BCUT2D eigenvalue weighted by molar-refractivity contribution is -0.129. The van der Waals surface area contributed by atoms with E-state index in [0.717, 1.165) is 5.56 Å². The summed E-state index contributed by atoms with van der Waals surface area (Å²) >= 11 is 5.93. The van der Waals surface area contributed by atoms with Gasteiger partial charge in [0.15, 0.2) is 0 Å². The summed E-state index contributed by atoms with van der Waals surface area (Å²) in [4.78, 5) is 13.1. The Kier molecular flexibility index (Phi) is 4.59. The number of rotatable bonds is 4. The van der Waals surface area contributed by atoms with E-state index >= 15 is 0 Å². The molecule has 1 N–H and O–H groups in total. The number of nitrogens with zero attached hydrogens (tertiary/aromatic N) is 1. The van der Waals surface area contributed by atoms with Crippen molar-refractivity contribution >= 4 is 17.5 Å². The van der Waals surface area contributed by atoms with Gasteiger partial charge in [0.25, 0.3) is 0 Å². The molecule has 0 spiro atoms. The standard InChI is InChI=1S/C11H14ClNO2/c1-13(6-7-14)11(15)8-9-4-2-3-5-10(9)12/h2-5,14H,6-8H2,1H3. The van der Waals surface area contributed by atoms with Gasteiger partial charge < -0.3 is 10.0 Å². The lowest BCUT2D eigenvalue weighted by atomic mass is 10.1. The van der Waals surface area contributed by atoms with Gasteiger partial charge in [0.05, 0.1) is 13.0 Å². The van der Waals surface area contributed by atoms with E-state index in [1.165, 1.54) is 4.90 Å². The van der Waals surface area contributed by atoms with Gasteiger partial charge in [0.1, 0.15) is 0 Å². The van der Waals surface area contributed by atoms with Crippen molar-refractivity contribution in [2.24, 2.45) is 0 Å². The fourth-order valence-electron chi connectivity index (χ4n) is 1.21. The van der Waals surface area contributed by atoms with Crippen LogP contribution in [-0.2, 0) is 11.2 Å². The van der Waals surface area contributed by atoms with Crippen LogP contribution in [0, 0.1) is 0 Å². The molecule has 0 fully saturated rings. The molecule has 15 heavy (non-hydrogen) atoms. The van der Waals surface area contributed by atoms with Crippen molar-refractivity contribution in [3.05, 3.63) is 34.9 Å². The average Bonchev–Trinajstić information content (AvgIpc) is 2.21. The molecule has 0 aromatic heterocycles. The summed E-state index contributed by atoms with van der Waals surface area (Å²) in [6.07, 6.45) is 0.274. The van der Waals surface area contributed by atoms with Crippen LogP contribution >= 0.6 is 11.6 Å². The Labute approximate surface area is 94.3 Å². The van der Waals surface area contributed by atoms with Gasteiger partial charge >= 0.3 is 0 Å². The molecule has 1 rings (SSSR count). The number of likely N-dealkylation sites (N-methyl/N-ethyl adjacent to an activating group) is 1. The molecule has 82 valence electrons. The van der Waals surface area contributed by atoms with Crippen molar-refractivity contribution < 1.29 is 9.90 Å². The van der Waals surface area contributed by atoms with Crippen LogP contribution in [0.25, 0.3) is 0 Å². The molecular formula is C11H14ClNO2. The summed E-state index contributed by atoms with van der Waals surface area (Å²) < 4.78 is 0. The van der Waals surface area contributed by atoms with Crippen LogP contribution in [0.15, 0.2) is 24.3 Å². The highest BCUT2D eigenvalue weighted by molar-refractivity contribution is 6.31. The molecule has 0 atom stereocenters. The van der Waals surface area contributed by atoms with E-state index in [9.17, 15) is 4.79 Å². The zero-order valence-corrected chi connectivity index (χ0v) is 9.37. The zero-order valence-electron chi connectivity index (χ0n) is 8.61. The SMILES string of the molecule is CN(CCO)C(=O)Cc1ccccc1Cl. The van der Waals surface area contributed by atoms with Crippen molar-refractivity contribution in [1.82, 2.24) is 4.90 Å². The molecule has 1 aromatic rings. The molecule has 0 aliphatic heterocycles. The molecule has 0 aliphatic rings. The van der Waals surface area contributed by atoms with Crippen molar-refractivity contribution in [2.45, 2.75) is 6.42 Å². The van der Waals surface area contributed by atoms with Crippen LogP contribution in [0.1, 0.15) is 5.56 Å². The van der Waals surface area contributed by atoms with Gasteiger partial charge in [-0.3, -0.25) is 4.79 Å². The largest absolute Gasteiger partial charge is 0.395 e. The molecule has 0 radical (unpaired) electrons. The molecule has 3 nitrogen and oxygen atoms in total. The summed E-state index contributed by atoms with van der Waals surface area (Å²) in [5.41, 5.74) is 0.814. The van der Waals surface area contributed by atoms with Crippen LogP contribution in [0.2, 0.25) is 5.02 Å². The van der Waals surface area contributed by atoms with E-state index in [1.54, 1.807) is 13.1 Å². The van der Waals surface area contributed by atoms with Crippen LogP contribution in [0.5, 0.6) is 0 Å². The van der Waals surface area contributed by atoms with E-state index in [0.29, 0.717) is 11.6 Å². The highest BCUT2D eigenvalue weighted by Crippen LogP contribution is 2.15. The van der Waals surface area contributed by atoms with Crippen LogP contribution in [0.3, 0.4) is 0 Å². The maximum absolute atomic E-state index is 11.6. The third-order valence-corrected chi connectivity index (χ3v) is 2.53. The molecule has 0 unspecified atom stereocenters. The zero-order chi connectivity index (χ0) is 11.3. The molecule has 0 saturated carbocycles. The number of hydrogen-bond donors (Lipinski definition) is 1. The molecule has 0 bridgehead atoms. The minimum atomic E-state index is -0.0443. The molecule has 4 heteroatoms. The Morgan fingerprint density at radius 2 is 2.13 bits per heavy atom. The van der Waals surface area contributed by atoms with Gasteiger partial charge in [-0.2, -0.15) is 0 Å². The Bertz CT molecular complexity index is 341. The summed E-state index contributed by atoms with van der Waals surface area (Å²) in [5, 5.41) is 9.29. The summed E-state index contributed by atoms with van der Waals surface area (Å²) in [6.45, 7) is 0.327. The third-order valence-electron chi connectivity index (χ3n) is 2.16. The second-order valence-corrected chi connectivity index (χ2v) is 3.71. The van der Waals surface area contributed by atoms with Crippen LogP contribution < -0.4 is 0 Å². The Morgan fingerprint density at radius 3 is 2.73 bits per heavy atom. The number of amides is 1. The van der Waals surface area contributed by atoms with Crippen molar-refractivity contribution in [2.75, 3.05) is 20.2 Å². The molecule has 1 amide bonds. The highest BCUT2D eigenvalue weighted by atomic mass is 35.5. The predicted molar refractivity (Wildman–Crippen MR) is 59.9 cm³/mol. The van der Waals surface area contributed by atoms with Crippen LogP contribution in [0.4, 0.5) is 0 Å². The quantitative estimate of drug-likeness (QED) is 0.843. The normalized spacial score (nSPS) is 10.1. The van der Waals surface area contributed by atoms with Gasteiger partial charge in [-0.25, -0.2) is 0 Å². The number of benzene rings is 1. The minimum absolute atomic E-state index is 0.0231. The Balaban J connectivity index is 2.62. The third kappa shape index (κ3) is 3.53. The van der Waals surface area contributed by atoms with Gasteiger partial charge in [0, 0.05) is 18.6 Å². The first-order chi connectivity index (χ1) is 7.15. The van der Waals surface area contributed by atoms with E-state index in [4.69, 9.17) is 16.7 Å². The highest BCUT2D eigenvalue weighted by Gasteiger charge is 2.10. The number of carbonyl (C=O) groups excluding carboxylic acids is 1. The molecular weight excluding hydrogens is 214 g/mol. The first kappa shape index (κ1) is 12.0. The van der Waals surface area contributed by atoms with E-state index in [-0.39, 0.29) is 18.9 Å². The molecule has 0 aliphatic carbocycles. The van der Waals surface area contributed by atoms with E-state index in [1.807, 2.05) is 18.2 Å². The van der Waals surface area contributed by atoms with E-state index in [2.05, 4.69) is 0 Å². The number of aliphatic hydroxyl groups excluding tert-OH is 1. The summed E-state index contributed by atoms with van der Waals surface area (Å²) in [6, 6.07) is 7.26. The van der Waals surface area contributed by atoms with Crippen molar-refractivity contribution in [1.29, 1.82) is 0 Å². The fourth-order valence-corrected chi connectivity index (χ4v) is 1.42. The fraction of sp³-hybridized carbons (Fsp3) is 0.364. The van der Waals surface area contributed by atoms with E-state index < -0.39 is 0 Å². The summed E-state index contributed by atoms with van der Waals surface area (Å²) in [7, 11) is 1.66. The Morgan fingerprint density at radius 1 is 1.47 bits per heavy atom. The number of halogens is 1. The first-order valence-electron chi connectivity index (χ1n) is 4.73. The van der Waals surface area contributed by atoms with Gasteiger partial charge in [0.2, 0.25) is 5.91 Å². The van der Waals surface area contributed by atoms with Gasteiger partial charge in [-0.05, 0) is 11.6 Å². The average molecular weight is 228 g/mol. The van der Waals surface area contributed by atoms with Crippen molar-refractivity contribution in [3.8, 4) is 0 Å². The lowest BCUT2D eigenvalue weighted by Gasteiger charge is -2.15. The maximum Gasteiger partial charge on any atom is 0.226 e. The maximum atomic E-state index is 11.6. The summed E-state index contributed by atoms with van der Waals surface area (Å²) in [5.74, 6) is -0.0443. The number of hydrogen-bond acceptors (Lipinski definition) is 2. The Hall–Kier alpha value is -1.06. The first-order valence-corrected chi connectivity index (χ1v) is 5.11. The monoisotopic (exact) mass is 227 g/mol. The molecule has 0 heterocycles. The minimum Gasteiger partial charge on any atom is -0.395 e. The lowest BCUT2D eigenvalue weighted by Crippen LogP contribution is -2.30. The van der Waals surface area contributed by atoms with Gasteiger partial charge in [-0.1, -0.05) is 29.8 Å². The predicted octanol–water partition coefficient (Wildman–Crippen LogP) is 1.33. The van der Waals surface area contributed by atoms with Crippen molar-refractivity contribution in [3.63, 3.8) is 0 Å². The van der Waals surface area contributed by atoms with Gasteiger partial charge in [-0.15, -0.1) is 0 Å². The topological polar surface area (TPSA) is 40.5 Å². The molecule has 0 saturated heterocycles. The second-order valence-electron chi connectivity index (χ2n) is 3.31. The molecule has 1 aromatic carbocycles.